The molecule has 1 aromatic carbocycles. The molecule has 7 heteroatoms. The van der Waals surface area contributed by atoms with Crippen molar-refractivity contribution in [3.63, 3.8) is 0 Å². The third-order valence-electron chi connectivity index (χ3n) is 3.09. The summed E-state index contributed by atoms with van der Waals surface area (Å²) in [5, 5.41) is 0.222. The molecule has 1 aliphatic carbocycles. The molecule has 0 aliphatic heterocycles. The van der Waals surface area contributed by atoms with Crippen LogP contribution in [0.1, 0.15) is 32.1 Å². The van der Waals surface area contributed by atoms with Crippen LogP contribution in [0.15, 0.2) is 17.0 Å². The van der Waals surface area contributed by atoms with Crippen LogP contribution < -0.4 is 4.74 Å². The summed E-state index contributed by atoms with van der Waals surface area (Å²) in [5.74, 6) is 0.405. The lowest BCUT2D eigenvalue weighted by Crippen LogP contribution is -2.19. The van der Waals surface area contributed by atoms with E-state index in [4.69, 9.17) is 38.6 Å². The van der Waals surface area contributed by atoms with Gasteiger partial charge in [-0.15, -0.1) is 0 Å². The van der Waals surface area contributed by atoms with Gasteiger partial charge in [0, 0.05) is 16.7 Å². The molecule has 0 radical (unpaired) electrons. The summed E-state index contributed by atoms with van der Waals surface area (Å²) in [6.07, 6.45) is 5.54. The van der Waals surface area contributed by atoms with Gasteiger partial charge in [0.25, 0.3) is 9.05 Å². The Labute approximate surface area is 127 Å². The highest BCUT2D eigenvalue weighted by Crippen LogP contribution is 2.36. The highest BCUT2D eigenvalue weighted by molar-refractivity contribution is 8.13. The maximum atomic E-state index is 11.3. The molecule has 0 bridgehead atoms. The summed E-state index contributed by atoms with van der Waals surface area (Å²) in [6.45, 7) is 0. The van der Waals surface area contributed by atoms with Crippen LogP contribution in [-0.2, 0) is 9.05 Å². The zero-order valence-electron chi connectivity index (χ0n) is 10.0. The minimum atomic E-state index is -3.91. The molecule has 2 rings (SSSR count). The first-order valence-electron chi connectivity index (χ1n) is 5.98. The van der Waals surface area contributed by atoms with Crippen molar-refractivity contribution in [3.8, 4) is 5.75 Å². The lowest BCUT2D eigenvalue weighted by Gasteiger charge is -2.23. The monoisotopic (exact) mass is 342 g/mol. The van der Waals surface area contributed by atoms with Gasteiger partial charge in [-0.3, -0.25) is 0 Å². The number of hydrogen-bond donors (Lipinski definition) is 0. The Hall–Kier alpha value is -0.160. The number of benzene rings is 1. The average Bonchev–Trinajstić information content (AvgIpc) is 2.33. The maximum absolute atomic E-state index is 11.3. The van der Waals surface area contributed by atoms with E-state index in [0.717, 1.165) is 25.7 Å². The topological polar surface area (TPSA) is 43.4 Å². The predicted octanol–water partition coefficient (Wildman–Crippen LogP) is 4.63. The second-order valence-corrected chi connectivity index (χ2v) is 7.88. The highest BCUT2D eigenvalue weighted by Gasteiger charge is 2.21. The largest absolute Gasteiger partial charge is 0.489 e. The van der Waals surface area contributed by atoms with Gasteiger partial charge in [-0.2, -0.15) is 0 Å². The molecule has 106 valence electrons. The molecule has 0 heterocycles. The lowest BCUT2D eigenvalue weighted by molar-refractivity contribution is 0.155. The molecule has 0 spiro atoms. The standard InChI is InChI=1S/C12H13Cl3O3S/c13-9-7-12(19(15,16)17)10(14)6-11(9)18-8-4-2-1-3-5-8/h6-8H,1-5H2. The lowest BCUT2D eigenvalue weighted by atomic mass is 9.98. The van der Waals surface area contributed by atoms with Crippen molar-refractivity contribution in [2.45, 2.75) is 43.1 Å². The van der Waals surface area contributed by atoms with Gasteiger partial charge in [0.2, 0.25) is 0 Å². The third-order valence-corrected chi connectivity index (χ3v) is 5.18. The minimum absolute atomic E-state index is 0.0187. The van der Waals surface area contributed by atoms with E-state index in [9.17, 15) is 8.42 Å². The quantitative estimate of drug-likeness (QED) is 0.751. The van der Waals surface area contributed by atoms with Crippen molar-refractivity contribution in [3.05, 3.63) is 22.2 Å². The molecule has 0 saturated heterocycles. The zero-order valence-corrected chi connectivity index (χ0v) is 13.1. The molecule has 1 aliphatic rings. The van der Waals surface area contributed by atoms with Crippen LogP contribution in [0, 0.1) is 0 Å². The van der Waals surface area contributed by atoms with Gasteiger partial charge >= 0.3 is 0 Å². The van der Waals surface area contributed by atoms with Crippen molar-refractivity contribution in [2.24, 2.45) is 0 Å². The van der Waals surface area contributed by atoms with Gasteiger partial charge in [-0.05, 0) is 31.7 Å². The molecule has 0 atom stereocenters. The van der Waals surface area contributed by atoms with Crippen molar-refractivity contribution in [1.82, 2.24) is 0 Å². The van der Waals surface area contributed by atoms with Crippen molar-refractivity contribution in [1.29, 1.82) is 0 Å². The molecular formula is C12H13Cl3O3S. The van der Waals surface area contributed by atoms with Gasteiger partial charge in [0.15, 0.2) is 0 Å². The van der Waals surface area contributed by atoms with Gasteiger partial charge < -0.3 is 4.74 Å². The Morgan fingerprint density at radius 3 is 2.26 bits per heavy atom. The third kappa shape index (κ3) is 3.91. The number of rotatable bonds is 3. The minimum Gasteiger partial charge on any atom is -0.489 e. The summed E-state index contributed by atoms with van der Waals surface area (Å²) in [4.78, 5) is -0.197. The average molecular weight is 344 g/mol. The Bertz CT molecular complexity index is 566. The molecule has 0 unspecified atom stereocenters. The summed E-state index contributed by atoms with van der Waals surface area (Å²) in [5.41, 5.74) is 0. The van der Waals surface area contributed by atoms with Crippen LogP contribution in [0.5, 0.6) is 5.75 Å². The predicted molar refractivity (Wildman–Crippen MR) is 77.0 cm³/mol. The van der Waals surface area contributed by atoms with Crippen LogP contribution in [0.3, 0.4) is 0 Å². The Morgan fingerprint density at radius 2 is 1.68 bits per heavy atom. The van der Waals surface area contributed by atoms with Gasteiger partial charge in [0.1, 0.15) is 10.6 Å². The Kier molecular flexibility index (Phi) is 4.88. The van der Waals surface area contributed by atoms with E-state index in [1.54, 1.807) is 0 Å². The summed E-state index contributed by atoms with van der Waals surface area (Å²) >= 11 is 11.9. The van der Waals surface area contributed by atoms with E-state index < -0.39 is 9.05 Å². The Balaban J connectivity index is 2.25. The van der Waals surface area contributed by atoms with E-state index in [-0.39, 0.29) is 21.0 Å². The number of hydrogen-bond acceptors (Lipinski definition) is 3. The van der Waals surface area contributed by atoms with E-state index in [0.29, 0.717) is 5.75 Å². The van der Waals surface area contributed by atoms with Gasteiger partial charge in [-0.25, -0.2) is 8.42 Å². The molecular weight excluding hydrogens is 331 g/mol. The van der Waals surface area contributed by atoms with Crippen molar-refractivity contribution < 1.29 is 13.2 Å². The zero-order chi connectivity index (χ0) is 14.0. The van der Waals surface area contributed by atoms with Gasteiger partial charge in [0.05, 0.1) is 16.1 Å². The summed E-state index contributed by atoms with van der Waals surface area (Å²) < 4.78 is 28.4. The van der Waals surface area contributed by atoms with Gasteiger partial charge in [-0.1, -0.05) is 29.6 Å². The first-order valence-corrected chi connectivity index (χ1v) is 9.05. The fraction of sp³-hybridized carbons (Fsp3) is 0.500. The molecule has 0 amide bonds. The molecule has 3 nitrogen and oxygen atoms in total. The smallest absolute Gasteiger partial charge is 0.262 e. The Morgan fingerprint density at radius 1 is 1.05 bits per heavy atom. The molecule has 1 saturated carbocycles. The first kappa shape index (κ1) is 15.2. The molecule has 1 aromatic rings. The first-order chi connectivity index (χ1) is 8.88. The normalized spacial score (nSPS) is 17.4. The summed E-state index contributed by atoms with van der Waals surface area (Å²) in [7, 11) is 1.36. The number of ether oxygens (including phenoxy) is 1. The van der Waals surface area contributed by atoms with E-state index in [1.807, 2.05) is 0 Å². The second kappa shape index (κ2) is 6.08. The van der Waals surface area contributed by atoms with Crippen molar-refractivity contribution >= 4 is 42.9 Å². The highest BCUT2D eigenvalue weighted by atomic mass is 35.7. The van der Waals surface area contributed by atoms with E-state index >= 15 is 0 Å². The summed E-state index contributed by atoms with van der Waals surface area (Å²) in [6, 6.07) is 2.64. The second-order valence-electron chi connectivity index (χ2n) is 4.53. The van der Waals surface area contributed by atoms with Crippen LogP contribution >= 0.6 is 33.9 Å². The SMILES string of the molecule is O=S(=O)(Cl)c1cc(Cl)c(OC2CCCCC2)cc1Cl. The molecule has 19 heavy (non-hydrogen) atoms. The van der Waals surface area contributed by atoms with E-state index in [2.05, 4.69) is 0 Å². The fourth-order valence-corrected chi connectivity index (χ4v) is 3.93. The molecule has 1 fully saturated rings. The van der Waals surface area contributed by atoms with E-state index in [1.165, 1.54) is 18.6 Å². The van der Waals surface area contributed by atoms with Crippen LogP contribution in [0.4, 0.5) is 0 Å². The molecule has 0 aromatic heterocycles. The van der Waals surface area contributed by atoms with Crippen molar-refractivity contribution in [2.75, 3.05) is 0 Å². The van der Waals surface area contributed by atoms with Crippen LogP contribution in [0.2, 0.25) is 10.0 Å². The van der Waals surface area contributed by atoms with Crippen LogP contribution in [-0.4, -0.2) is 14.5 Å². The number of halogens is 3. The maximum Gasteiger partial charge on any atom is 0.262 e. The fourth-order valence-electron chi connectivity index (χ4n) is 2.15. The van der Waals surface area contributed by atoms with Crippen LogP contribution in [0.25, 0.3) is 0 Å². The molecule has 0 N–H and O–H groups in total.